The van der Waals surface area contributed by atoms with Crippen LogP contribution in [0.15, 0.2) is 0 Å². The monoisotopic (exact) mass is 311 g/mol. The van der Waals surface area contributed by atoms with Crippen LogP contribution in [0, 0.1) is 5.92 Å². The molecule has 0 aromatic rings. The Balaban J connectivity index is 1.59. The van der Waals surface area contributed by atoms with E-state index in [1.54, 1.807) is 0 Å². The average Bonchev–Trinajstić information content (AvgIpc) is 2.52. The van der Waals surface area contributed by atoms with E-state index in [0.29, 0.717) is 13.2 Å². The van der Waals surface area contributed by atoms with E-state index in [9.17, 15) is 9.59 Å². The number of hydrogen-bond acceptors (Lipinski definition) is 4. The molecule has 0 aromatic heterocycles. The number of primary amides is 1. The van der Waals surface area contributed by atoms with Gasteiger partial charge in [-0.25, -0.2) is 0 Å². The van der Waals surface area contributed by atoms with Gasteiger partial charge >= 0.3 is 0 Å². The maximum Gasteiger partial charge on any atom is 0.251 e. The first-order valence-electron chi connectivity index (χ1n) is 8.45. The summed E-state index contributed by atoms with van der Waals surface area (Å²) in [4.78, 5) is 25.6. The van der Waals surface area contributed by atoms with Gasteiger partial charge in [-0.05, 0) is 65.1 Å². The van der Waals surface area contributed by atoms with Crippen LogP contribution in [0.1, 0.15) is 45.4 Å². The molecule has 0 unspecified atom stereocenters. The minimum Gasteiger partial charge on any atom is -0.369 e. The summed E-state index contributed by atoms with van der Waals surface area (Å²) in [5.74, 6) is -0.119. The predicted octanol–water partition coefficient (Wildman–Crippen LogP) is 0.649. The molecule has 2 rings (SSSR count). The van der Waals surface area contributed by atoms with Crippen molar-refractivity contribution >= 4 is 11.8 Å². The zero-order valence-corrected chi connectivity index (χ0v) is 13.6. The Labute approximate surface area is 132 Å². The number of hydrogen-bond donors (Lipinski definition) is 2. The first kappa shape index (κ1) is 17.2. The van der Waals surface area contributed by atoms with Crippen molar-refractivity contribution in [3.8, 4) is 0 Å². The van der Waals surface area contributed by atoms with Crippen LogP contribution in [0.4, 0.5) is 0 Å². The molecule has 0 spiro atoms. The standard InChI is InChI=1S/C16H29N3O3/c1-16(7-2-3-12-22-16)15(21)18-8-4-9-19-10-5-13(6-11-19)14(17)20/h13H,2-12H2,1H3,(H2,17,20)(H,18,21)/t16-/m1/s1. The van der Waals surface area contributed by atoms with Crippen LogP contribution in [0.2, 0.25) is 0 Å². The van der Waals surface area contributed by atoms with Crippen molar-refractivity contribution < 1.29 is 14.3 Å². The van der Waals surface area contributed by atoms with E-state index >= 15 is 0 Å². The van der Waals surface area contributed by atoms with Gasteiger partial charge in [0.2, 0.25) is 5.91 Å². The molecule has 0 radical (unpaired) electrons. The second-order valence-corrected chi connectivity index (χ2v) is 6.66. The van der Waals surface area contributed by atoms with Crippen molar-refractivity contribution in [3.05, 3.63) is 0 Å². The number of nitrogens with one attached hydrogen (secondary N) is 1. The molecule has 6 heteroatoms. The van der Waals surface area contributed by atoms with E-state index in [-0.39, 0.29) is 17.7 Å². The number of nitrogens with two attached hydrogens (primary N) is 1. The Morgan fingerprint density at radius 1 is 1.32 bits per heavy atom. The van der Waals surface area contributed by atoms with Crippen LogP contribution in [-0.2, 0) is 14.3 Å². The lowest BCUT2D eigenvalue weighted by atomic mass is 9.95. The highest BCUT2D eigenvalue weighted by Gasteiger charge is 2.35. The van der Waals surface area contributed by atoms with Crippen molar-refractivity contribution in [3.63, 3.8) is 0 Å². The SMILES string of the molecule is C[C@]1(C(=O)NCCCN2CCC(C(N)=O)CC2)CCCCO1. The van der Waals surface area contributed by atoms with Gasteiger partial charge in [0, 0.05) is 19.1 Å². The first-order valence-corrected chi connectivity index (χ1v) is 8.45. The lowest BCUT2D eigenvalue weighted by Crippen LogP contribution is -2.49. The van der Waals surface area contributed by atoms with Gasteiger partial charge in [-0.2, -0.15) is 0 Å². The van der Waals surface area contributed by atoms with Gasteiger partial charge in [0.25, 0.3) is 5.91 Å². The molecular formula is C16H29N3O3. The quantitative estimate of drug-likeness (QED) is 0.705. The van der Waals surface area contributed by atoms with E-state index in [0.717, 1.165) is 58.2 Å². The third-order valence-corrected chi connectivity index (χ3v) is 4.88. The number of amides is 2. The van der Waals surface area contributed by atoms with Crippen LogP contribution in [0.3, 0.4) is 0 Å². The lowest BCUT2D eigenvalue weighted by Gasteiger charge is -2.33. The van der Waals surface area contributed by atoms with E-state index in [2.05, 4.69) is 10.2 Å². The first-order chi connectivity index (χ1) is 10.5. The highest BCUT2D eigenvalue weighted by molar-refractivity contribution is 5.84. The molecule has 3 N–H and O–H groups in total. The molecule has 2 aliphatic heterocycles. The molecule has 2 fully saturated rings. The van der Waals surface area contributed by atoms with E-state index in [1.165, 1.54) is 0 Å². The molecule has 2 amide bonds. The van der Waals surface area contributed by atoms with Crippen molar-refractivity contribution in [1.29, 1.82) is 0 Å². The van der Waals surface area contributed by atoms with Gasteiger partial charge in [-0.3, -0.25) is 9.59 Å². The lowest BCUT2D eigenvalue weighted by molar-refractivity contribution is -0.150. The summed E-state index contributed by atoms with van der Waals surface area (Å²) in [6.07, 6.45) is 5.53. The van der Waals surface area contributed by atoms with Crippen molar-refractivity contribution in [2.24, 2.45) is 11.7 Å². The second kappa shape index (κ2) is 7.92. The molecule has 2 aliphatic rings. The largest absolute Gasteiger partial charge is 0.369 e. The molecule has 2 heterocycles. The number of rotatable bonds is 6. The Morgan fingerprint density at radius 2 is 2.05 bits per heavy atom. The van der Waals surface area contributed by atoms with E-state index in [1.807, 2.05) is 6.92 Å². The molecule has 22 heavy (non-hydrogen) atoms. The molecule has 2 saturated heterocycles. The fourth-order valence-corrected chi connectivity index (χ4v) is 3.25. The maximum absolute atomic E-state index is 12.2. The van der Waals surface area contributed by atoms with E-state index < -0.39 is 5.60 Å². The average molecular weight is 311 g/mol. The summed E-state index contributed by atoms with van der Waals surface area (Å²) in [6, 6.07) is 0. The molecule has 6 nitrogen and oxygen atoms in total. The van der Waals surface area contributed by atoms with Crippen molar-refractivity contribution in [1.82, 2.24) is 10.2 Å². The molecule has 0 bridgehead atoms. The summed E-state index contributed by atoms with van der Waals surface area (Å²) < 4.78 is 5.64. The minimum atomic E-state index is -0.641. The normalized spacial score (nSPS) is 27.5. The number of ether oxygens (including phenoxy) is 1. The predicted molar refractivity (Wildman–Crippen MR) is 84.2 cm³/mol. The number of nitrogens with zero attached hydrogens (tertiary/aromatic N) is 1. The van der Waals surface area contributed by atoms with Gasteiger partial charge in [0.05, 0.1) is 0 Å². The number of carbonyl (C=O) groups is 2. The van der Waals surface area contributed by atoms with Gasteiger partial charge < -0.3 is 20.7 Å². The van der Waals surface area contributed by atoms with Gasteiger partial charge in [0.15, 0.2) is 0 Å². The third kappa shape index (κ3) is 4.68. The van der Waals surface area contributed by atoms with Crippen LogP contribution >= 0.6 is 0 Å². The number of likely N-dealkylation sites (tertiary alicyclic amines) is 1. The molecule has 0 saturated carbocycles. The summed E-state index contributed by atoms with van der Waals surface area (Å²) in [5.41, 5.74) is 4.69. The topological polar surface area (TPSA) is 84.7 Å². The fraction of sp³-hybridized carbons (Fsp3) is 0.875. The summed E-state index contributed by atoms with van der Waals surface area (Å²) in [6.45, 7) is 6.02. The van der Waals surface area contributed by atoms with Crippen molar-refractivity contribution in [2.75, 3.05) is 32.8 Å². The zero-order chi connectivity index (χ0) is 16.0. The van der Waals surface area contributed by atoms with E-state index in [4.69, 9.17) is 10.5 Å². The molecular weight excluding hydrogens is 282 g/mol. The van der Waals surface area contributed by atoms with Gasteiger partial charge in [-0.1, -0.05) is 0 Å². The summed E-state index contributed by atoms with van der Waals surface area (Å²) in [7, 11) is 0. The Bertz CT molecular complexity index is 386. The van der Waals surface area contributed by atoms with Crippen LogP contribution in [0.25, 0.3) is 0 Å². The van der Waals surface area contributed by atoms with Crippen LogP contribution in [0.5, 0.6) is 0 Å². The Morgan fingerprint density at radius 3 is 2.64 bits per heavy atom. The third-order valence-electron chi connectivity index (χ3n) is 4.88. The minimum absolute atomic E-state index is 0.0136. The maximum atomic E-state index is 12.2. The number of carbonyl (C=O) groups excluding carboxylic acids is 2. The zero-order valence-electron chi connectivity index (χ0n) is 13.6. The smallest absolute Gasteiger partial charge is 0.251 e. The highest BCUT2D eigenvalue weighted by atomic mass is 16.5. The highest BCUT2D eigenvalue weighted by Crippen LogP contribution is 2.24. The van der Waals surface area contributed by atoms with Crippen LogP contribution < -0.4 is 11.1 Å². The Kier molecular flexibility index (Phi) is 6.20. The van der Waals surface area contributed by atoms with Gasteiger partial charge in [-0.15, -0.1) is 0 Å². The second-order valence-electron chi connectivity index (χ2n) is 6.66. The van der Waals surface area contributed by atoms with Crippen molar-refractivity contribution in [2.45, 2.75) is 51.0 Å². The molecule has 0 aliphatic carbocycles. The summed E-state index contributed by atoms with van der Waals surface area (Å²) >= 11 is 0. The van der Waals surface area contributed by atoms with Gasteiger partial charge in [0.1, 0.15) is 5.60 Å². The fourth-order valence-electron chi connectivity index (χ4n) is 3.25. The molecule has 126 valence electrons. The van der Waals surface area contributed by atoms with Crippen LogP contribution in [-0.4, -0.2) is 55.1 Å². The molecule has 0 aromatic carbocycles. The molecule has 1 atom stereocenters. The number of piperidine rings is 1. The Hall–Kier alpha value is -1.14. The summed E-state index contributed by atoms with van der Waals surface area (Å²) in [5, 5.41) is 2.99.